The SMILES string of the molecule is COc1ccc(-n2c3ccccc3c3cc(-c4cc(-c5ccc6c(c5)c5ccccc5n6-c5ccc(OC)cc5)c(C)c(-c5cc(-c6ccc7c(c6)c6ccccc6n7-c6ccc(OC)cc6)cc(-c6ccc7c(c6)c6ccccc6n7-c6ccc(OC)cc6)c5C)c4)ccc32)cc1. The Balaban J connectivity index is 0.893. The fraction of sp³-hybridized carbons (Fsp3) is 0.0667. The maximum atomic E-state index is 5.63. The Morgan fingerprint density at radius 2 is 0.418 bits per heavy atom. The maximum Gasteiger partial charge on any atom is 0.119 e. The first-order valence-electron chi connectivity index (χ1n) is 33.2. The molecule has 18 rings (SSSR count). The summed E-state index contributed by atoms with van der Waals surface area (Å²) < 4.78 is 32.0. The van der Waals surface area contributed by atoms with E-state index in [4.69, 9.17) is 18.9 Å². The molecule has 0 aliphatic heterocycles. The molecule has 4 heterocycles. The monoisotopic (exact) mass is 1270 g/mol. The number of para-hydroxylation sites is 4. The molecule has 0 spiro atoms. The number of hydrogen-bond acceptors (Lipinski definition) is 4. The number of nitrogens with zero attached hydrogens (tertiary/aromatic N) is 4. The van der Waals surface area contributed by atoms with Gasteiger partial charge in [0.1, 0.15) is 23.0 Å². The van der Waals surface area contributed by atoms with Crippen molar-refractivity contribution in [3.63, 3.8) is 0 Å². The largest absolute Gasteiger partial charge is 0.497 e. The highest BCUT2D eigenvalue weighted by molar-refractivity contribution is 6.15. The fourth-order valence-electron chi connectivity index (χ4n) is 15.5. The topological polar surface area (TPSA) is 56.6 Å². The molecule has 0 saturated heterocycles. The van der Waals surface area contributed by atoms with Crippen LogP contribution in [0.15, 0.2) is 291 Å². The van der Waals surface area contributed by atoms with Crippen molar-refractivity contribution in [2.75, 3.05) is 28.4 Å². The van der Waals surface area contributed by atoms with Crippen LogP contribution in [0.1, 0.15) is 11.1 Å². The Hall–Kier alpha value is -12.5. The molecule has 0 aliphatic carbocycles. The van der Waals surface area contributed by atoms with Gasteiger partial charge in [-0.05, 0) is 275 Å². The summed E-state index contributed by atoms with van der Waals surface area (Å²) in [6.45, 7) is 4.66. The van der Waals surface area contributed by atoms with Gasteiger partial charge in [0.15, 0.2) is 0 Å². The molecule has 4 aromatic heterocycles. The van der Waals surface area contributed by atoms with Gasteiger partial charge in [-0.3, -0.25) is 0 Å². The van der Waals surface area contributed by atoms with Gasteiger partial charge in [0.05, 0.1) is 72.6 Å². The first-order valence-corrected chi connectivity index (χ1v) is 33.2. The summed E-state index contributed by atoms with van der Waals surface area (Å²) in [6, 6.07) is 107. The summed E-state index contributed by atoms with van der Waals surface area (Å²) in [5, 5.41) is 9.47. The van der Waals surface area contributed by atoms with Gasteiger partial charge in [-0.15, -0.1) is 0 Å². The molecule has 18 aromatic rings. The molecule has 0 atom stereocenters. The number of fused-ring (bicyclic) bond motifs is 12. The van der Waals surface area contributed by atoms with E-state index in [0.29, 0.717) is 0 Å². The van der Waals surface area contributed by atoms with Gasteiger partial charge in [-0.2, -0.15) is 0 Å². The van der Waals surface area contributed by atoms with Gasteiger partial charge in [-0.1, -0.05) is 97.1 Å². The second kappa shape index (κ2) is 23.1. The maximum absolute atomic E-state index is 5.63. The number of ether oxygens (including phenoxy) is 4. The molecule has 0 N–H and O–H groups in total. The van der Waals surface area contributed by atoms with Crippen molar-refractivity contribution in [1.82, 2.24) is 18.3 Å². The summed E-state index contributed by atoms with van der Waals surface area (Å²) in [6.07, 6.45) is 0. The molecule has 8 heteroatoms. The highest BCUT2D eigenvalue weighted by atomic mass is 16.5. The summed E-state index contributed by atoms with van der Waals surface area (Å²) in [4.78, 5) is 0. The van der Waals surface area contributed by atoms with Gasteiger partial charge in [0, 0.05) is 65.8 Å². The molecule has 470 valence electrons. The molecule has 0 fully saturated rings. The van der Waals surface area contributed by atoms with E-state index in [1.54, 1.807) is 28.4 Å². The Morgan fingerprint density at radius 3 is 0.684 bits per heavy atom. The van der Waals surface area contributed by atoms with E-state index in [1.165, 1.54) is 54.2 Å². The van der Waals surface area contributed by atoms with E-state index >= 15 is 0 Å². The van der Waals surface area contributed by atoms with Gasteiger partial charge >= 0.3 is 0 Å². The lowest BCUT2D eigenvalue weighted by molar-refractivity contribution is 0.414. The van der Waals surface area contributed by atoms with Crippen LogP contribution in [-0.2, 0) is 0 Å². The van der Waals surface area contributed by atoms with E-state index in [-0.39, 0.29) is 0 Å². The molecule has 0 radical (unpaired) electrons. The summed E-state index contributed by atoms with van der Waals surface area (Å²) in [5.41, 5.74) is 27.2. The van der Waals surface area contributed by atoms with Crippen LogP contribution in [-0.4, -0.2) is 46.7 Å². The fourth-order valence-corrected chi connectivity index (χ4v) is 15.5. The molecule has 0 aliphatic rings. The minimum Gasteiger partial charge on any atom is -0.497 e. The van der Waals surface area contributed by atoms with Crippen molar-refractivity contribution in [3.05, 3.63) is 302 Å². The number of hydrogen-bond donors (Lipinski definition) is 0. The summed E-state index contributed by atoms with van der Waals surface area (Å²) in [5.74, 6) is 3.29. The van der Waals surface area contributed by atoms with Crippen LogP contribution < -0.4 is 18.9 Å². The van der Waals surface area contributed by atoms with Crippen LogP contribution in [0.25, 0.3) is 166 Å². The smallest absolute Gasteiger partial charge is 0.119 e. The normalized spacial score (nSPS) is 11.8. The van der Waals surface area contributed by atoms with Gasteiger partial charge < -0.3 is 37.2 Å². The van der Waals surface area contributed by atoms with Crippen LogP contribution in [0.2, 0.25) is 0 Å². The molecule has 0 bridgehead atoms. The number of methoxy groups -OCH3 is 4. The molecule has 98 heavy (non-hydrogen) atoms. The molecule has 0 saturated carbocycles. The standard InChI is InChI=1S/C90H66N4O4/c1-55-75(59-25-45-89-81(49-59)73-17-9-13-21-85(73)93(89)65-31-39-69(97-5)40-32-65)51-61(57-23-43-87-79(47-57)71-15-7-11-19-83(71)91(87)63-27-35-67(95-3)36-28-63)53-77(55)78-54-62(58-24-44-88-80(48-58)72-16-8-12-20-84(72)92(88)64-29-37-68(96-4)38-30-64)52-76(56(78)2)60-26-46-90-82(50-60)74-18-10-14-22-86(74)94(90)66-33-41-70(98-6)42-34-66/h7-54H,1-6H3. The van der Waals surface area contributed by atoms with Crippen LogP contribution in [0.4, 0.5) is 0 Å². The van der Waals surface area contributed by atoms with E-state index in [0.717, 1.165) is 146 Å². The van der Waals surface area contributed by atoms with Crippen LogP contribution in [0.5, 0.6) is 23.0 Å². The van der Waals surface area contributed by atoms with E-state index in [1.807, 2.05) is 48.5 Å². The van der Waals surface area contributed by atoms with E-state index in [2.05, 4.69) is 275 Å². The Bertz CT molecular complexity index is 5840. The molecule has 0 unspecified atom stereocenters. The molecule has 14 aromatic carbocycles. The third kappa shape index (κ3) is 9.27. The lowest BCUT2D eigenvalue weighted by atomic mass is 9.83. The minimum atomic E-state index is 0.822. The van der Waals surface area contributed by atoms with Gasteiger partial charge in [0.25, 0.3) is 0 Å². The average molecular weight is 1270 g/mol. The zero-order valence-corrected chi connectivity index (χ0v) is 55.1. The molecule has 0 amide bonds. The number of rotatable bonds is 13. The number of aromatic nitrogens is 4. The quantitative estimate of drug-likeness (QED) is 0.115. The van der Waals surface area contributed by atoms with Crippen LogP contribution >= 0.6 is 0 Å². The van der Waals surface area contributed by atoms with Crippen LogP contribution in [0, 0.1) is 13.8 Å². The highest BCUT2D eigenvalue weighted by Crippen LogP contribution is 2.47. The zero-order chi connectivity index (χ0) is 65.9. The van der Waals surface area contributed by atoms with Crippen molar-refractivity contribution in [1.29, 1.82) is 0 Å². The number of benzene rings is 14. The van der Waals surface area contributed by atoms with Crippen molar-refractivity contribution < 1.29 is 18.9 Å². The highest BCUT2D eigenvalue weighted by Gasteiger charge is 2.24. The van der Waals surface area contributed by atoms with Crippen molar-refractivity contribution >= 4 is 87.2 Å². The predicted octanol–water partition coefficient (Wildman–Crippen LogP) is 23.1. The molecular formula is C90H66N4O4. The van der Waals surface area contributed by atoms with Crippen molar-refractivity contribution in [2.45, 2.75) is 13.8 Å². The van der Waals surface area contributed by atoms with E-state index in [9.17, 15) is 0 Å². The second-order valence-corrected chi connectivity index (χ2v) is 25.5. The predicted molar refractivity (Wildman–Crippen MR) is 407 cm³/mol. The summed E-state index contributed by atoms with van der Waals surface area (Å²) in [7, 11) is 6.86. The Labute approximate surface area is 567 Å². The molecular weight excluding hydrogens is 1200 g/mol. The zero-order valence-electron chi connectivity index (χ0n) is 55.1. The van der Waals surface area contributed by atoms with Gasteiger partial charge in [-0.25, -0.2) is 0 Å². The second-order valence-electron chi connectivity index (χ2n) is 25.5. The lowest BCUT2D eigenvalue weighted by Gasteiger charge is -2.21. The first-order chi connectivity index (χ1) is 48.2. The summed E-state index contributed by atoms with van der Waals surface area (Å²) >= 11 is 0. The van der Waals surface area contributed by atoms with Crippen molar-refractivity contribution in [3.8, 4) is 101 Å². The lowest BCUT2D eigenvalue weighted by Crippen LogP contribution is -1.97. The van der Waals surface area contributed by atoms with Crippen LogP contribution in [0.3, 0.4) is 0 Å². The minimum absolute atomic E-state index is 0.822. The molecule has 8 nitrogen and oxygen atoms in total. The Kier molecular flexibility index (Phi) is 13.7. The van der Waals surface area contributed by atoms with Gasteiger partial charge in [0.2, 0.25) is 0 Å². The Morgan fingerprint density at radius 1 is 0.194 bits per heavy atom. The third-order valence-corrected chi connectivity index (χ3v) is 20.4. The van der Waals surface area contributed by atoms with Crippen molar-refractivity contribution in [2.24, 2.45) is 0 Å². The van der Waals surface area contributed by atoms with E-state index < -0.39 is 0 Å². The average Bonchev–Trinajstić information content (AvgIpc) is 1.52. The first kappa shape index (κ1) is 58.1. The third-order valence-electron chi connectivity index (χ3n) is 20.4.